The lowest BCUT2D eigenvalue weighted by molar-refractivity contribution is -0.127. The van der Waals surface area contributed by atoms with Gasteiger partial charge in [-0.2, -0.15) is 0 Å². The Morgan fingerprint density at radius 1 is 1.17 bits per heavy atom. The van der Waals surface area contributed by atoms with Gasteiger partial charge >= 0.3 is 0 Å². The Morgan fingerprint density at radius 2 is 1.93 bits per heavy atom. The molecule has 3 rings (SSSR count). The van der Waals surface area contributed by atoms with Gasteiger partial charge in [-0.1, -0.05) is 24.3 Å². The van der Waals surface area contributed by atoms with Gasteiger partial charge in [-0.15, -0.1) is 0 Å². The Hall–Kier alpha value is -3.26. The van der Waals surface area contributed by atoms with E-state index in [-0.39, 0.29) is 11.4 Å². The predicted molar refractivity (Wildman–Crippen MR) is 117 cm³/mol. The molecule has 0 atom stereocenters. The summed E-state index contributed by atoms with van der Waals surface area (Å²) >= 11 is 0.802. The average molecular weight is 426 g/mol. The molecule has 0 aromatic heterocycles. The number of imide groups is 1. The van der Waals surface area contributed by atoms with Crippen molar-refractivity contribution < 1.29 is 23.9 Å². The van der Waals surface area contributed by atoms with Gasteiger partial charge < -0.3 is 14.8 Å². The minimum absolute atomic E-state index is 0.245. The second kappa shape index (κ2) is 9.49. The molecule has 2 aromatic carbocycles. The Bertz CT molecular complexity index is 1020. The Labute approximate surface area is 179 Å². The molecular weight excluding hydrogens is 404 g/mol. The smallest absolute Gasteiger partial charge is 0.294 e. The fourth-order valence-electron chi connectivity index (χ4n) is 2.88. The van der Waals surface area contributed by atoms with E-state index in [2.05, 4.69) is 5.32 Å². The number of nitrogens with one attached hydrogen (secondary N) is 1. The number of rotatable bonds is 7. The van der Waals surface area contributed by atoms with Crippen molar-refractivity contribution in [2.45, 2.75) is 13.8 Å². The molecule has 1 N–H and O–H groups in total. The molecule has 0 saturated carbocycles. The molecule has 2 aromatic rings. The molecule has 0 spiro atoms. The lowest BCUT2D eigenvalue weighted by atomic mass is 10.2. The summed E-state index contributed by atoms with van der Waals surface area (Å²) in [5.74, 6) is 0.189. The van der Waals surface area contributed by atoms with Crippen molar-refractivity contribution in [2.75, 3.05) is 25.6 Å². The first-order chi connectivity index (χ1) is 14.4. The number of ether oxygens (including phenoxy) is 2. The Morgan fingerprint density at radius 3 is 2.63 bits per heavy atom. The van der Waals surface area contributed by atoms with Gasteiger partial charge in [-0.05, 0) is 61.0 Å². The molecule has 1 aliphatic rings. The van der Waals surface area contributed by atoms with Gasteiger partial charge in [-0.25, -0.2) is 0 Å². The van der Waals surface area contributed by atoms with E-state index in [1.54, 1.807) is 36.4 Å². The fourth-order valence-corrected chi connectivity index (χ4v) is 3.72. The van der Waals surface area contributed by atoms with Gasteiger partial charge in [-0.3, -0.25) is 19.3 Å². The quantitative estimate of drug-likeness (QED) is 0.672. The second-order valence-corrected chi connectivity index (χ2v) is 7.47. The summed E-state index contributed by atoms with van der Waals surface area (Å²) in [6.07, 6.45) is 1.60. The molecular formula is C22H22N2O5S. The third-order valence-corrected chi connectivity index (χ3v) is 5.29. The first kappa shape index (κ1) is 21.4. The standard InChI is InChI=1S/C22H22N2O5S/c1-4-29-17-10-9-15(11-18(17)28-3)12-19-21(26)24(22(27)30-19)13-20(25)23-16-8-6-5-7-14(16)2/h5-12H,4,13H2,1-3H3,(H,23,25)/b19-12+. The lowest BCUT2D eigenvalue weighted by Gasteiger charge is -2.13. The molecule has 0 radical (unpaired) electrons. The molecule has 1 fully saturated rings. The number of benzene rings is 2. The molecule has 8 heteroatoms. The molecule has 0 aliphatic carbocycles. The first-order valence-corrected chi connectivity index (χ1v) is 10.2. The van der Waals surface area contributed by atoms with Crippen molar-refractivity contribution in [2.24, 2.45) is 0 Å². The molecule has 1 saturated heterocycles. The van der Waals surface area contributed by atoms with E-state index in [0.29, 0.717) is 29.4 Å². The minimum Gasteiger partial charge on any atom is -0.493 e. The van der Waals surface area contributed by atoms with Crippen molar-refractivity contribution in [1.29, 1.82) is 0 Å². The third-order valence-electron chi connectivity index (χ3n) is 4.38. The molecule has 0 unspecified atom stereocenters. The van der Waals surface area contributed by atoms with Gasteiger partial charge in [0.25, 0.3) is 11.1 Å². The topological polar surface area (TPSA) is 84.9 Å². The van der Waals surface area contributed by atoms with Crippen LogP contribution in [0.25, 0.3) is 6.08 Å². The monoisotopic (exact) mass is 426 g/mol. The van der Waals surface area contributed by atoms with Gasteiger partial charge in [0, 0.05) is 5.69 Å². The van der Waals surface area contributed by atoms with E-state index >= 15 is 0 Å². The predicted octanol–water partition coefficient (Wildman–Crippen LogP) is 4.08. The van der Waals surface area contributed by atoms with Crippen LogP contribution < -0.4 is 14.8 Å². The summed E-state index contributed by atoms with van der Waals surface area (Å²) in [6.45, 7) is 3.89. The van der Waals surface area contributed by atoms with Crippen molar-refractivity contribution in [3.63, 3.8) is 0 Å². The highest BCUT2D eigenvalue weighted by atomic mass is 32.2. The fraction of sp³-hybridized carbons (Fsp3) is 0.227. The number of amides is 3. The molecule has 1 aliphatic heterocycles. The maximum Gasteiger partial charge on any atom is 0.294 e. The first-order valence-electron chi connectivity index (χ1n) is 9.34. The van der Waals surface area contributed by atoms with E-state index in [4.69, 9.17) is 9.47 Å². The molecule has 30 heavy (non-hydrogen) atoms. The number of carbonyl (C=O) groups is 3. The van der Waals surface area contributed by atoms with Crippen molar-refractivity contribution >= 4 is 40.6 Å². The molecule has 7 nitrogen and oxygen atoms in total. The summed E-state index contributed by atoms with van der Waals surface area (Å²) in [5.41, 5.74) is 2.22. The maximum atomic E-state index is 12.7. The number of para-hydroxylation sites is 1. The number of methoxy groups -OCH3 is 1. The molecule has 1 heterocycles. The zero-order valence-electron chi connectivity index (χ0n) is 16.9. The van der Waals surface area contributed by atoms with Crippen molar-refractivity contribution in [1.82, 2.24) is 4.90 Å². The molecule has 156 valence electrons. The zero-order valence-corrected chi connectivity index (χ0v) is 17.7. The minimum atomic E-state index is -0.502. The van der Waals surface area contributed by atoms with Crippen LogP contribution in [0.15, 0.2) is 47.4 Å². The van der Waals surface area contributed by atoms with Crippen LogP contribution in [0, 0.1) is 6.92 Å². The normalized spacial score (nSPS) is 14.9. The number of nitrogens with zero attached hydrogens (tertiary/aromatic N) is 1. The average Bonchev–Trinajstić information content (AvgIpc) is 2.98. The van der Waals surface area contributed by atoms with Crippen LogP contribution in [0.2, 0.25) is 0 Å². The number of thioether (sulfide) groups is 1. The number of carbonyl (C=O) groups excluding carboxylic acids is 3. The number of anilines is 1. The molecule has 0 bridgehead atoms. The highest BCUT2D eigenvalue weighted by Crippen LogP contribution is 2.34. The summed E-state index contributed by atoms with van der Waals surface area (Å²) in [6, 6.07) is 12.5. The van der Waals surface area contributed by atoms with Crippen LogP contribution in [-0.2, 0) is 9.59 Å². The van der Waals surface area contributed by atoms with Gasteiger partial charge in [0.1, 0.15) is 6.54 Å². The van der Waals surface area contributed by atoms with E-state index in [1.165, 1.54) is 7.11 Å². The van der Waals surface area contributed by atoms with E-state index in [0.717, 1.165) is 22.2 Å². The maximum absolute atomic E-state index is 12.7. The van der Waals surface area contributed by atoms with Crippen molar-refractivity contribution in [3.8, 4) is 11.5 Å². The van der Waals surface area contributed by atoms with E-state index < -0.39 is 17.1 Å². The summed E-state index contributed by atoms with van der Waals surface area (Å²) in [7, 11) is 1.53. The van der Waals surface area contributed by atoms with Crippen LogP contribution >= 0.6 is 11.8 Å². The summed E-state index contributed by atoms with van der Waals surface area (Å²) in [4.78, 5) is 38.5. The van der Waals surface area contributed by atoms with Crippen LogP contribution in [0.3, 0.4) is 0 Å². The molecule has 3 amide bonds. The highest BCUT2D eigenvalue weighted by molar-refractivity contribution is 8.18. The number of hydrogen-bond donors (Lipinski definition) is 1. The SMILES string of the molecule is CCOc1ccc(/C=C2/SC(=O)N(CC(=O)Nc3ccccc3C)C2=O)cc1OC. The third kappa shape index (κ3) is 4.83. The van der Waals surface area contributed by atoms with Crippen LogP contribution in [0.4, 0.5) is 10.5 Å². The lowest BCUT2D eigenvalue weighted by Crippen LogP contribution is -2.36. The van der Waals surface area contributed by atoms with Gasteiger partial charge in [0.05, 0.1) is 18.6 Å². The Kier molecular flexibility index (Phi) is 6.79. The van der Waals surface area contributed by atoms with Crippen LogP contribution in [0.1, 0.15) is 18.1 Å². The Balaban J connectivity index is 1.73. The van der Waals surface area contributed by atoms with Crippen LogP contribution in [0.5, 0.6) is 11.5 Å². The summed E-state index contributed by atoms with van der Waals surface area (Å²) in [5, 5.41) is 2.25. The summed E-state index contributed by atoms with van der Waals surface area (Å²) < 4.78 is 10.8. The largest absolute Gasteiger partial charge is 0.493 e. The number of hydrogen-bond acceptors (Lipinski definition) is 6. The second-order valence-electron chi connectivity index (χ2n) is 6.47. The van der Waals surface area contributed by atoms with E-state index in [1.807, 2.05) is 26.0 Å². The van der Waals surface area contributed by atoms with Gasteiger partial charge in [0.15, 0.2) is 11.5 Å². The highest BCUT2D eigenvalue weighted by Gasteiger charge is 2.36. The van der Waals surface area contributed by atoms with Crippen molar-refractivity contribution in [3.05, 3.63) is 58.5 Å². The van der Waals surface area contributed by atoms with Gasteiger partial charge in [0.2, 0.25) is 5.91 Å². The van der Waals surface area contributed by atoms with E-state index in [9.17, 15) is 14.4 Å². The zero-order chi connectivity index (χ0) is 21.7. The number of aryl methyl sites for hydroxylation is 1. The van der Waals surface area contributed by atoms with Crippen LogP contribution in [-0.4, -0.2) is 42.2 Å².